The number of sulfonamides is 1. The van der Waals surface area contributed by atoms with Crippen molar-refractivity contribution in [2.24, 2.45) is 0 Å². The summed E-state index contributed by atoms with van der Waals surface area (Å²) in [5, 5.41) is 13.3. The van der Waals surface area contributed by atoms with Crippen molar-refractivity contribution in [3.63, 3.8) is 0 Å². The van der Waals surface area contributed by atoms with E-state index in [2.05, 4.69) is 25.7 Å². The Labute approximate surface area is 238 Å². The van der Waals surface area contributed by atoms with Crippen LogP contribution in [-0.2, 0) is 10.0 Å². The van der Waals surface area contributed by atoms with Crippen LogP contribution in [0.2, 0.25) is 0 Å². The van der Waals surface area contributed by atoms with E-state index in [4.69, 9.17) is 12.2 Å². The average Bonchev–Trinajstić information content (AvgIpc) is 3.40. The van der Waals surface area contributed by atoms with Gasteiger partial charge in [0.25, 0.3) is 0 Å². The SMILES string of the molecule is Cc1cc(N2C(=S)NC(c3ccccn3)C2c2cc(C)n(-c3ccc(C(=O)O)cc3)c2C)ccc1NS(C)(=O)=O. The second-order valence-corrected chi connectivity index (χ2v) is 12.0. The molecule has 40 heavy (non-hydrogen) atoms. The third-order valence-electron chi connectivity index (χ3n) is 7.04. The number of rotatable bonds is 7. The van der Waals surface area contributed by atoms with Crippen LogP contribution in [0.5, 0.6) is 0 Å². The van der Waals surface area contributed by atoms with Crippen molar-refractivity contribution in [3.05, 3.63) is 107 Å². The molecule has 11 heteroatoms. The number of hydrogen-bond donors (Lipinski definition) is 3. The molecule has 0 saturated carbocycles. The number of nitrogens with zero attached hydrogens (tertiary/aromatic N) is 3. The fourth-order valence-electron chi connectivity index (χ4n) is 5.30. The van der Waals surface area contributed by atoms with Crippen molar-refractivity contribution in [1.82, 2.24) is 14.9 Å². The zero-order valence-corrected chi connectivity index (χ0v) is 24.0. The summed E-state index contributed by atoms with van der Waals surface area (Å²) in [6.45, 7) is 5.90. The second-order valence-electron chi connectivity index (χ2n) is 9.88. The van der Waals surface area contributed by atoms with E-state index < -0.39 is 16.0 Å². The summed E-state index contributed by atoms with van der Waals surface area (Å²) in [6.07, 6.45) is 2.88. The number of aromatic nitrogens is 2. The molecule has 3 N–H and O–H groups in total. The molecular formula is C29H29N5O4S2. The number of nitrogens with one attached hydrogen (secondary N) is 2. The number of benzene rings is 2. The summed E-state index contributed by atoms with van der Waals surface area (Å²) < 4.78 is 28.3. The van der Waals surface area contributed by atoms with Crippen LogP contribution in [-0.4, -0.2) is 40.4 Å². The molecule has 9 nitrogen and oxygen atoms in total. The van der Waals surface area contributed by atoms with Gasteiger partial charge in [-0.05, 0) is 105 Å². The molecule has 206 valence electrons. The number of carbonyl (C=O) groups is 1. The molecule has 0 spiro atoms. The minimum atomic E-state index is -3.43. The van der Waals surface area contributed by atoms with Gasteiger partial charge in [0.1, 0.15) is 0 Å². The number of aryl methyl sites for hydroxylation is 2. The minimum absolute atomic E-state index is 0.224. The van der Waals surface area contributed by atoms with E-state index in [1.54, 1.807) is 36.5 Å². The lowest BCUT2D eigenvalue weighted by Gasteiger charge is -2.29. The summed E-state index contributed by atoms with van der Waals surface area (Å²) in [6, 6.07) is 19.7. The van der Waals surface area contributed by atoms with Crippen LogP contribution >= 0.6 is 12.2 Å². The number of carboxylic acid groups (broad SMARTS) is 1. The largest absolute Gasteiger partial charge is 0.478 e. The smallest absolute Gasteiger partial charge is 0.335 e. The Hall–Kier alpha value is -4.22. The van der Waals surface area contributed by atoms with Crippen molar-refractivity contribution in [2.75, 3.05) is 15.9 Å². The van der Waals surface area contributed by atoms with Gasteiger partial charge in [-0.1, -0.05) is 6.07 Å². The van der Waals surface area contributed by atoms with Crippen LogP contribution in [0.1, 0.15) is 50.7 Å². The van der Waals surface area contributed by atoms with Crippen molar-refractivity contribution >= 4 is 44.7 Å². The number of carboxylic acids is 1. The van der Waals surface area contributed by atoms with Crippen LogP contribution in [0.25, 0.3) is 5.69 Å². The third kappa shape index (κ3) is 5.17. The van der Waals surface area contributed by atoms with Gasteiger partial charge in [-0.3, -0.25) is 9.71 Å². The van der Waals surface area contributed by atoms with E-state index >= 15 is 0 Å². The number of thiocarbonyl (C=S) groups is 1. The molecule has 1 aliphatic heterocycles. The van der Waals surface area contributed by atoms with E-state index in [0.29, 0.717) is 10.8 Å². The van der Waals surface area contributed by atoms with Crippen LogP contribution < -0.4 is 14.9 Å². The first-order valence-corrected chi connectivity index (χ1v) is 14.9. The fourth-order valence-corrected chi connectivity index (χ4v) is 6.27. The first-order valence-electron chi connectivity index (χ1n) is 12.6. The Bertz CT molecular complexity index is 1720. The third-order valence-corrected chi connectivity index (χ3v) is 7.95. The predicted molar refractivity (Wildman–Crippen MR) is 160 cm³/mol. The monoisotopic (exact) mass is 575 g/mol. The summed E-state index contributed by atoms with van der Waals surface area (Å²) in [7, 11) is -3.43. The highest BCUT2D eigenvalue weighted by atomic mass is 32.2. The van der Waals surface area contributed by atoms with Gasteiger partial charge in [-0.15, -0.1) is 0 Å². The van der Waals surface area contributed by atoms with Gasteiger partial charge in [0.2, 0.25) is 10.0 Å². The van der Waals surface area contributed by atoms with Crippen molar-refractivity contribution < 1.29 is 18.3 Å². The predicted octanol–water partition coefficient (Wildman–Crippen LogP) is 5.04. The molecule has 2 aromatic heterocycles. The Morgan fingerprint density at radius 3 is 2.33 bits per heavy atom. The Morgan fingerprint density at radius 2 is 1.73 bits per heavy atom. The van der Waals surface area contributed by atoms with Gasteiger partial charge in [-0.2, -0.15) is 0 Å². The minimum Gasteiger partial charge on any atom is -0.478 e. The van der Waals surface area contributed by atoms with E-state index in [-0.39, 0.29) is 17.6 Å². The van der Waals surface area contributed by atoms with Gasteiger partial charge < -0.3 is 19.9 Å². The molecule has 5 rings (SSSR count). The lowest BCUT2D eigenvalue weighted by molar-refractivity contribution is 0.0697. The summed E-state index contributed by atoms with van der Waals surface area (Å²) in [5.41, 5.74) is 6.98. The van der Waals surface area contributed by atoms with Gasteiger partial charge in [-0.25, -0.2) is 13.2 Å². The highest BCUT2D eigenvalue weighted by Gasteiger charge is 2.42. The summed E-state index contributed by atoms with van der Waals surface area (Å²) in [4.78, 5) is 18.0. The topological polar surface area (TPSA) is 117 Å². The van der Waals surface area contributed by atoms with E-state index in [9.17, 15) is 18.3 Å². The quantitative estimate of drug-likeness (QED) is 0.262. The zero-order valence-electron chi connectivity index (χ0n) is 22.4. The number of hydrogen-bond acceptors (Lipinski definition) is 5. The molecular weight excluding hydrogens is 546 g/mol. The Balaban J connectivity index is 1.63. The molecule has 4 aromatic rings. The zero-order chi connectivity index (χ0) is 28.8. The molecule has 1 fully saturated rings. The van der Waals surface area contributed by atoms with Crippen molar-refractivity contribution in [2.45, 2.75) is 32.9 Å². The van der Waals surface area contributed by atoms with E-state index in [0.717, 1.165) is 45.8 Å². The maximum Gasteiger partial charge on any atom is 0.335 e. The first-order chi connectivity index (χ1) is 18.9. The molecule has 3 heterocycles. The number of pyridine rings is 1. The van der Waals surface area contributed by atoms with Crippen LogP contribution in [0, 0.1) is 20.8 Å². The molecule has 2 aromatic carbocycles. The van der Waals surface area contributed by atoms with Crippen LogP contribution in [0.4, 0.5) is 11.4 Å². The van der Waals surface area contributed by atoms with Crippen LogP contribution in [0.3, 0.4) is 0 Å². The second kappa shape index (κ2) is 10.4. The Kier molecular flexibility index (Phi) is 7.11. The number of aromatic carboxylic acids is 1. The maximum atomic E-state index is 11.8. The van der Waals surface area contributed by atoms with Crippen molar-refractivity contribution in [1.29, 1.82) is 0 Å². The lowest BCUT2D eigenvalue weighted by atomic mass is 9.96. The average molecular weight is 576 g/mol. The first kappa shape index (κ1) is 27.4. The highest BCUT2D eigenvalue weighted by molar-refractivity contribution is 7.92. The fraction of sp³-hybridized carbons (Fsp3) is 0.207. The standard InChI is InChI=1S/C29H29N5O4S2/c1-17-15-22(12-13-24(17)32-40(4,37)38)34-27(26(31-29(34)39)25-7-5-6-14-30-25)23-16-18(2)33(19(23)3)21-10-8-20(9-11-21)28(35)36/h5-16,26-27,32H,1-4H3,(H,31,39)(H,35,36). The molecule has 2 unspecified atom stereocenters. The highest BCUT2D eigenvalue weighted by Crippen LogP contribution is 2.44. The maximum absolute atomic E-state index is 11.8. The molecule has 0 aliphatic carbocycles. The molecule has 1 aliphatic rings. The molecule has 0 bridgehead atoms. The van der Waals surface area contributed by atoms with E-state index in [1.165, 1.54) is 0 Å². The van der Waals surface area contributed by atoms with Gasteiger partial charge in [0, 0.05) is 29.0 Å². The molecule has 2 atom stereocenters. The van der Waals surface area contributed by atoms with Gasteiger partial charge >= 0.3 is 5.97 Å². The lowest BCUT2D eigenvalue weighted by Crippen LogP contribution is -2.29. The summed E-state index contributed by atoms with van der Waals surface area (Å²) in [5.74, 6) is -0.972. The van der Waals surface area contributed by atoms with Crippen LogP contribution in [0.15, 0.2) is 72.9 Å². The van der Waals surface area contributed by atoms with Gasteiger partial charge in [0.05, 0.1) is 35.3 Å². The molecule has 1 saturated heterocycles. The Morgan fingerprint density at radius 1 is 1.02 bits per heavy atom. The van der Waals surface area contributed by atoms with Crippen molar-refractivity contribution in [3.8, 4) is 5.69 Å². The molecule has 0 radical (unpaired) electrons. The number of anilines is 2. The normalized spacial score (nSPS) is 17.1. The van der Waals surface area contributed by atoms with E-state index in [1.807, 2.05) is 56.0 Å². The molecule has 0 amide bonds. The van der Waals surface area contributed by atoms with Gasteiger partial charge in [0.15, 0.2) is 5.11 Å². The summed E-state index contributed by atoms with van der Waals surface area (Å²) >= 11 is 5.87.